The van der Waals surface area contributed by atoms with Crippen LogP contribution in [0.15, 0.2) is 96.0 Å². The Morgan fingerprint density at radius 2 is 1.80 bits per heavy atom. The maximum Gasteiger partial charge on any atom is 0.271 e. The first-order chi connectivity index (χ1) is 19.5. The summed E-state index contributed by atoms with van der Waals surface area (Å²) in [7, 11) is 0. The summed E-state index contributed by atoms with van der Waals surface area (Å²) in [5.74, 6) is 0.146. The average molecular weight is 530 g/mol. The first kappa shape index (κ1) is 24.8. The van der Waals surface area contributed by atoms with Crippen LogP contribution >= 0.6 is 0 Å². The van der Waals surface area contributed by atoms with Gasteiger partial charge in [-0.3, -0.25) is 19.5 Å². The van der Waals surface area contributed by atoms with Crippen LogP contribution in [0.1, 0.15) is 18.1 Å². The van der Waals surface area contributed by atoms with Crippen molar-refractivity contribution in [1.82, 2.24) is 19.7 Å². The zero-order valence-electron chi connectivity index (χ0n) is 21.6. The fourth-order valence-corrected chi connectivity index (χ4v) is 4.72. The van der Waals surface area contributed by atoms with Crippen molar-refractivity contribution < 1.29 is 19.1 Å². The van der Waals surface area contributed by atoms with E-state index in [4.69, 9.17) is 14.6 Å². The van der Waals surface area contributed by atoms with Gasteiger partial charge in [0, 0.05) is 35.3 Å². The Kier molecular flexibility index (Phi) is 6.42. The number of rotatable bonds is 5. The Labute approximate surface area is 230 Å². The van der Waals surface area contributed by atoms with Gasteiger partial charge in [-0.25, -0.2) is 4.68 Å². The highest BCUT2D eigenvalue weighted by Gasteiger charge is 2.36. The molecule has 2 aliphatic rings. The molecule has 2 aromatic heterocycles. The van der Waals surface area contributed by atoms with E-state index >= 15 is 0 Å². The molecule has 0 bridgehead atoms. The van der Waals surface area contributed by atoms with Gasteiger partial charge in [-0.2, -0.15) is 10.4 Å². The zero-order valence-corrected chi connectivity index (χ0v) is 21.6. The average Bonchev–Trinajstić information content (AvgIpc) is 3.42. The number of nitriles is 1. The Morgan fingerprint density at radius 1 is 1.00 bits per heavy atom. The monoisotopic (exact) mass is 529 g/mol. The van der Waals surface area contributed by atoms with Crippen LogP contribution in [0.25, 0.3) is 23.0 Å². The molecule has 0 atom stereocenters. The second-order valence-corrected chi connectivity index (χ2v) is 9.30. The van der Waals surface area contributed by atoms with Crippen LogP contribution in [-0.2, 0) is 16.1 Å². The quantitative estimate of drug-likeness (QED) is 0.277. The number of nitrogens with zero attached hydrogens (tertiary/aromatic N) is 5. The molecule has 2 amide bonds. The summed E-state index contributed by atoms with van der Waals surface area (Å²) < 4.78 is 13.2. The summed E-state index contributed by atoms with van der Waals surface area (Å²) in [5.41, 5.74) is 3.99. The Morgan fingerprint density at radius 3 is 2.55 bits per heavy atom. The molecular formula is C31H23N5O4. The first-order valence-electron chi connectivity index (χ1n) is 12.7. The van der Waals surface area contributed by atoms with E-state index in [1.54, 1.807) is 42.2 Å². The van der Waals surface area contributed by atoms with E-state index in [1.165, 1.54) is 0 Å². The van der Waals surface area contributed by atoms with Gasteiger partial charge in [-0.15, -0.1) is 0 Å². The second kappa shape index (κ2) is 10.3. The molecule has 2 aromatic carbocycles. The predicted molar refractivity (Wildman–Crippen MR) is 146 cm³/mol. The fourth-order valence-electron chi connectivity index (χ4n) is 4.72. The largest absolute Gasteiger partial charge is 0.486 e. The summed E-state index contributed by atoms with van der Waals surface area (Å²) in [6, 6.07) is 20.7. The number of hydrogen-bond donors (Lipinski definition) is 0. The summed E-state index contributed by atoms with van der Waals surface area (Å²) in [4.78, 5) is 32.0. The molecule has 0 N–H and O–H groups in total. The highest BCUT2D eigenvalue weighted by Crippen LogP contribution is 2.37. The van der Waals surface area contributed by atoms with Crippen molar-refractivity contribution in [3.8, 4) is 34.5 Å². The summed E-state index contributed by atoms with van der Waals surface area (Å²) in [6.07, 6.45) is 6.72. The molecule has 196 valence electrons. The third kappa shape index (κ3) is 4.52. The van der Waals surface area contributed by atoms with Crippen LogP contribution in [0, 0.1) is 11.3 Å². The molecule has 6 rings (SSSR count). The highest BCUT2D eigenvalue weighted by molar-refractivity contribution is 6.19. The van der Waals surface area contributed by atoms with Gasteiger partial charge in [0.2, 0.25) is 0 Å². The van der Waals surface area contributed by atoms with Gasteiger partial charge in [-0.1, -0.05) is 24.3 Å². The molecule has 0 fully saturated rings. The zero-order chi connectivity index (χ0) is 27.6. The molecule has 0 spiro atoms. The summed E-state index contributed by atoms with van der Waals surface area (Å²) in [6.45, 7) is 2.55. The lowest BCUT2D eigenvalue weighted by Crippen LogP contribution is -2.42. The van der Waals surface area contributed by atoms with Gasteiger partial charge in [0.05, 0.1) is 12.2 Å². The minimum atomic E-state index is -0.627. The van der Waals surface area contributed by atoms with Gasteiger partial charge in [0.1, 0.15) is 30.6 Å². The fraction of sp³-hybridized carbons (Fsp3) is 0.129. The predicted octanol–water partition coefficient (Wildman–Crippen LogP) is 4.50. The number of benzene rings is 2. The minimum absolute atomic E-state index is 0.000395. The second-order valence-electron chi connectivity index (χ2n) is 9.30. The Hall–Kier alpha value is -5.49. The number of hydrogen-bond acceptors (Lipinski definition) is 7. The van der Waals surface area contributed by atoms with Gasteiger partial charge < -0.3 is 9.47 Å². The number of amides is 2. The number of para-hydroxylation sites is 1. The van der Waals surface area contributed by atoms with Crippen molar-refractivity contribution >= 4 is 17.9 Å². The number of carbonyl (C=O) groups excluding carboxylic acids is 2. The standard InChI is InChI=1S/C31H23N5O4/c1-20-25(30(37)35(31(38)26(20)16-32)18-21-6-5-11-33-17-21)14-23-19-36(24-7-3-2-4-8-24)34-29(23)22-9-10-27-28(15-22)40-13-12-39-27/h2-11,14-15,17,19H,12-13,18H2,1H3/b25-14+. The van der Waals surface area contributed by atoms with Crippen molar-refractivity contribution in [2.24, 2.45) is 0 Å². The highest BCUT2D eigenvalue weighted by atomic mass is 16.6. The lowest BCUT2D eigenvalue weighted by molar-refractivity contribution is -0.141. The van der Waals surface area contributed by atoms with Crippen molar-refractivity contribution in [2.75, 3.05) is 13.2 Å². The van der Waals surface area contributed by atoms with Crippen LogP contribution in [0.3, 0.4) is 0 Å². The van der Waals surface area contributed by atoms with Crippen molar-refractivity contribution in [3.05, 3.63) is 107 Å². The minimum Gasteiger partial charge on any atom is -0.486 e. The number of fused-ring (bicyclic) bond motifs is 1. The molecule has 0 aliphatic carbocycles. The number of imide groups is 1. The smallest absolute Gasteiger partial charge is 0.271 e. The van der Waals surface area contributed by atoms with Crippen molar-refractivity contribution in [1.29, 1.82) is 5.26 Å². The summed E-state index contributed by atoms with van der Waals surface area (Å²) in [5, 5.41) is 14.7. The number of pyridine rings is 1. The number of carbonyl (C=O) groups is 2. The molecule has 0 saturated heterocycles. The third-order valence-corrected chi connectivity index (χ3v) is 6.77. The van der Waals surface area contributed by atoms with Gasteiger partial charge >= 0.3 is 0 Å². The van der Waals surface area contributed by atoms with Crippen LogP contribution in [0.4, 0.5) is 0 Å². The first-order valence-corrected chi connectivity index (χ1v) is 12.7. The molecule has 2 aliphatic heterocycles. The molecule has 9 heteroatoms. The SMILES string of the molecule is CC1=C(C#N)C(=O)N(Cc2cccnc2)C(=O)/C1=C/c1cn(-c2ccccc2)nc1-c1ccc2c(c1)OCCO2. The van der Waals surface area contributed by atoms with E-state index in [-0.39, 0.29) is 17.7 Å². The van der Waals surface area contributed by atoms with Gasteiger partial charge in [-0.05, 0) is 60.5 Å². The van der Waals surface area contributed by atoms with Crippen LogP contribution in [0.2, 0.25) is 0 Å². The molecule has 9 nitrogen and oxygen atoms in total. The van der Waals surface area contributed by atoms with Crippen LogP contribution in [0.5, 0.6) is 11.5 Å². The topological polar surface area (TPSA) is 110 Å². The van der Waals surface area contributed by atoms with Gasteiger partial charge in [0.25, 0.3) is 11.8 Å². The third-order valence-electron chi connectivity index (χ3n) is 6.77. The normalized spacial score (nSPS) is 15.9. The molecule has 0 saturated carbocycles. The van der Waals surface area contributed by atoms with E-state index < -0.39 is 11.8 Å². The van der Waals surface area contributed by atoms with E-state index in [1.807, 2.05) is 60.8 Å². The lowest BCUT2D eigenvalue weighted by Gasteiger charge is -2.27. The number of ether oxygens (including phenoxy) is 2. The molecular weight excluding hydrogens is 506 g/mol. The molecule has 4 aromatic rings. The van der Waals surface area contributed by atoms with Crippen molar-refractivity contribution in [3.63, 3.8) is 0 Å². The number of aromatic nitrogens is 3. The van der Waals surface area contributed by atoms with E-state index in [0.29, 0.717) is 47.1 Å². The van der Waals surface area contributed by atoms with Crippen LogP contribution < -0.4 is 9.47 Å². The van der Waals surface area contributed by atoms with Crippen molar-refractivity contribution in [2.45, 2.75) is 13.5 Å². The maximum absolute atomic E-state index is 13.7. The Bertz CT molecular complexity index is 1730. The lowest BCUT2D eigenvalue weighted by atomic mass is 9.93. The maximum atomic E-state index is 13.7. The summed E-state index contributed by atoms with van der Waals surface area (Å²) >= 11 is 0. The van der Waals surface area contributed by atoms with E-state index in [9.17, 15) is 14.9 Å². The molecule has 0 unspecified atom stereocenters. The van der Waals surface area contributed by atoms with Gasteiger partial charge in [0.15, 0.2) is 11.5 Å². The van der Waals surface area contributed by atoms with E-state index in [2.05, 4.69) is 4.98 Å². The molecule has 4 heterocycles. The Balaban J connectivity index is 1.49. The van der Waals surface area contributed by atoms with Crippen LogP contribution in [-0.4, -0.2) is 44.7 Å². The van der Waals surface area contributed by atoms with E-state index in [0.717, 1.165) is 16.2 Å². The molecule has 40 heavy (non-hydrogen) atoms. The molecule has 0 radical (unpaired) electrons.